The minimum atomic E-state index is -5.02. The number of aromatic nitrogens is 2. The molecule has 0 aliphatic carbocycles. The standard InChI is InChI=1S/C23H20F6N4O2/c1-14(20-30-19(31-35-20)15-5-3-2-4-6-15)32-7-9-33(10-8-32)21(34)16-11-17(22(24,25)26)13-18(12-16)23(27,28)29/h2-6,11-14H,7-10H2,1H3. The van der Waals surface area contributed by atoms with Crippen LogP contribution in [0.25, 0.3) is 11.4 Å². The number of nitrogens with zero attached hydrogens (tertiary/aromatic N) is 4. The molecule has 1 amide bonds. The van der Waals surface area contributed by atoms with Gasteiger partial charge in [-0.05, 0) is 25.1 Å². The SMILES string of the molecule is CC(c1nc(-c2ccccc2)no1)N1CCN(C(=O)c2cc(C(F)(F)F)cc(C(F)(F)F)c2)CC1. The van der Waals surface area contributed by atoms with E-state index in [2.05, 4.69) is 10.1 Å². The molecular formula is C23H20F6N4O2. The van der Waals surface area contributed by atoms with Gasteiger partial charge in [0.05, 0.1) is 17.2 Å². The summed E-state index contributed by atoms with van der Waals surface area (Å²) in [6, 6.07) is 9.82. The van der Waals surface area contributed by atoms with Crippen LogP contribution in [0.3, 0.4) is 0 Å². The molecule has 186 valence electrons. The Morgan fingerprint density at radius 1 is 0.914 bits per heavy atom. The van der Waals surface area contributed by atoms with Gasteiger partial charge in [0.2, 0.25) is 11.7 Å². The fourth-order valence-corrected chi connectivity index (χ4v) is 3.84. The van der Waals surface area contributed by atoms with Crippen molar-refractivity contribution >= 4 is 5.91 Å². The molecule has 0 spiro atoms. The third kappa shape index (κ3) is 5.47. The van der Waals surface area contributed by atoms with E-state index in [0.29, 0.717) is 36.9 Å². The zero-order chi connectivity index (χ0) is 25.4. The number of hydrogen-bond acceptors (Lipinski definition) is 5. The Kier molecular flexibility index (Phi) is 6.58. The van der Waals surface area contributed by atoms with Crippen molar-refractivity contribution in [2.24, 2.45) is 0 Å². The summed E-state index contributed by atoms with van der Waals surface area (Å²) in [4.78, 5) is 20.4. The summed E-state index contributed by atoms with van der Waals surface area (Å²) in [6.07, 6.45) is -10.0. The maximum atomic E-state index is 13.1. The van der Waals surface area contributed by atoms with Gasteiger partial charge in [-0.15, -0.1) is 0 Å². The van der Waals surface area contributed by atoms with Gasteiger partial charge in [0, 0.05) is 37.3 Å². The van der Waals surface area contributed by atoms with Crippen LogP contribution in [0, 0.1) is 0 Å². The Balaban J connectivity index is 1.45. The van der Waals surface area contributed by atoms with Crippen LogP contribution in [0.15, 0.2) is 53.1 Å². The number of rotatable bonds is 4. The van der Waals surface area contributed by atoms with Crippen molar-refractivity contribution in [1.29, 1.82) is 0 Å². The fraction of sp³-hybridized carbons (Fsp3) is 0.348. The Bertz CT molecular complexity index is 1150. The average molecular weight is 498 g/mol. The van der Waals surface area contributed by atoms with Crippen LogP contribution in [-0.4, -0.2) is 52.0 Å². The molecule has 0 saturated carbocycles. The largest absolute Gasteiger partial charge is 0.416 e. The van der Waals surface area contributed by atoms with Gasteiger partial charge in [0.1, 0.15) is 0 Å². The molecule has 2 heterocycles. The minimum Gasteiger partial charge on any atom is -0.337 e. The summed E-state index contributed by atoms with van der Waals surface area (Å²) < 4.78 is 84.2. The number of halogens is 6. The minimum absolute atomic E-state index is 0.00446. The highest BCUT2D eigenvalue weighted by molar-refractivity contribution is 5.94. The molecule has 0 N–H and O–H groups in total. The van der Waals surface area contributed by atoms with E-state index in [0.717, 1.165) is 5.56 Å². The van der Waals surface area contributed by atoms with E-state index in [1.807, 2.05) is 42.2 Å². The maximum absolute atomic E-state index is 13.1. The van der Waals surface area contributed by atoms with E-state index in [4.69, 9.17) is 4.52 Å². The van der Waals surface area contributed by atoms with Gasteiger partial charge in [-0.25, -0.2) is 0 Å². The van der Waals surface area contributed by atoms with Crippen molar-refractivity contribution in [2.75, 3.05) is 26.2 Å². The number of carbonyl (C=O) groups excluding carboxylic acids is 1. The lowest BCUT2D eigenvalue weighted by Gasteiger charge is -2.37. The van der Waals surface area contributed by atoms with Gasteiger partial charge < -0.3 is 9.42 Å². The topological polar surface area (TPSA) is 62.5 Å². The van der Waals surface area contributed by atoms with Crippen LogP contribution in [-0.2, 0) is 12.4 Å². The van der Waals surface area contributed by atoms with Crippen molar-refractivity contribution in [1.82, 2.24) is 19.9 Å². The first-order valence-corrected chi connectivity index (χ1v) is 10.7. The molecule has 0 radical (unpaired) electrons. The highest BCUT2D eigenvalue weighted by Gasteiger charge is 2.38. The number of carbonyl (C=O) groups is 1. The second-order valence-electron chi connectivity index (χ2n) is 8.12. The highest BCUT2D eigenvalue weighted by Crippen LogP contribution is 2.36. The van der Waals surface area contributed by atoms with Gasteiger partial charge in [0.15, 0.2) is 0 Å². The van der Waals surface area contributed by atoms with Crippen molar-refractivity contribution in [3.05, 3.63) is 71.1 Å². The van der Waals surface area contributed by atoms with Gasteiger partial charge in [-0.2, -0.15) is 31.3 Å². The highest BCUT2D eigenvalue weighted by atomic mass is 19.4. The van der Waals surface area contributed by atoms with E-state index in [1.54, 1.807) is 0 Å². The molecule has 35 heavy (non-hydrogen) atoms. The van der Waals surface area contributed by atoms with Crippen LogP contribution in [0.5, 0.6) is 0 Å². The van der Waals surface area contributed by atoms with Gasteiger partial charge in [-0.3, -0.25) is 9.69 Å². The Hall–Kier alpha value is -3.41. The second kappa shape index (κ2) is 9.33. The summed E-state index contributed by atoms with van der Waals surface area (Å²) in [5.41, 5.74) is -2.91. The molecule has 12 heteroatoms. The maximum Gasteiger partial charge on any atom is 0.416 e. The van der Waals surface area contributed by atoms with E-state index in [9.17, 15) is 31.1 Å². The second-order valence-corrected chi connectivity index (χ2v) is 8.12. The van der Waals surface area contributed by atoms with E-state index < -0.39 is 35.0 Å². The van der Waals surface area contributed by atoms with Crippen LogP contribution >= 0.6 is 0 Å². The van der Waals surface area contributed by atoms with Crippen LogP contribution in [0.2, 0.25) is 0 Å². The predicted octanol–water partition coefficient (Wildman–Crippen LogP) is 5.29. The Labute approximate surface area is 196 Å². The molecule has 1 unspecified atom stereocenters. The average Bonchev–Trinajstić information content (AvgIpc) is 3.33. The quantitative estimate of drug-likeness (QED) is 0.458. The molecular weight excluding hydrogens is 478 g/mol. The normalized spacial score (nSPS) is 16.4. The summed E-state index contributed by atoms with van der Waals surface area (Å²) in [5.74, 6) is -0.110. The lowest BCUT2D eigenvalue weighted by molar-refractivity contribution is -0.143. The summed E-state index contributed by atoms with van der Waals surface area (Å²) >= 11 is 0. The molecule has 1 aliphatic rings. The van der Waals surface area contributed by atoms with Crippen LogP contribution in [0.1, 0.15) is 40.3 Å². The number of amides is 1. The molecule has 1 fully saturated rings. The zero-order valence-electron chi connectivity index (χ0n) is 18.4. The van der Waals surface area contributed by atoms with Gasteiger partial charge in [0.25, 0.3) is 5.91 Å². The number of piperazine rings is 1. The van der Waals surface area contributed by atoms with Crippen molar-refractivity contribution in [2.45, 2.75) is 25.3 Å². The van der Waals surface area contributed by atoms with E-state index in [1.165, 1.54) is 4.90 Å². The molecule has 2 aromatic carbocycles. The first-order valence-electron chi connectivity index (χ1n) is 10.7. The first-order chi connectivity index (χ1) is 16.4. The molecule has 6 nitrogen and oxygen atoms in total. The Morgan fingerprint density at radius 3 is 2.03 bits per heavy atom. The number of benzene rings is 2. The molecule has 3 aromatic rings. The lowest BCUT2D eigenvalue weighted by atomic mass is 10.0. The lowest BCUT2D eigenvalue weighted by Crippen LogP contribution is -2.49. The first kappa shape index (κ1) is 24.7. The van der Waals surface area contributed by atoms with Crippen LogP contribution < -0.4 is 0 Å². The molecule has 0 bridgehead atoms. The van der Waals surface area contributed by atoms with Gasteiger partial charge >= 0.3 is 12.4 Å². The van der Waals surface area contributed by atoms with E-state index >= 15 is 0 Å². The zero-order valence-corrected chi connectivity index (χ0v) is 18.4. The molecule has 1 saturated heterocycles. The third-order valence-corrected chi connectivity index (χ3v) is 5.81. The predicted molar refractivity (Wildman–Crippen MR) is 112 cm³/mol. The molecule has 4 rings (SSSR count). The third-order valence-electron chi connectivity index (χ3n) is 5.81. The Morgan fingerprint density at radius 2 is 1.49 bits per heavy atom. The van der Waals surface area contributed by atoms with Crippen molar-refractivity contribution in [3.8, 4) is 11.4 Å². The summed E-state index contributed by atoms with van der Waals surface area (Å²) in [6.45, 7) is 2.70. The van der Waals surface area contributed by atoms with Crippen molar-refractivity contribution < 1.29 is 35.7 Å². The van der Waals surface area contributed by atoms with E-state index in [-0.39, 0.29) is 25.2 Å². The number of alkyl halides is 6. The number of hydrogen-bond donors (Lipinski definition) is 0. The smallest absolute Gasteiger partial charge is 0.337 e. The fourth-order valence-electron chi connectivity index (χ4n) is 3.84. The molecule has 1 atom stereocenters. The molecule has 1 aliphatic heterocycles. The summed E-state index contributed by atoms with van der Waals surface area (Å²) in [5, 5.41) is 3.98. The molecule has 1 aromatic heterocycles. The monoisotopic (exact) mass is 498 g/mol. The van der Waals surface area contributed by atoms with Crippen molar-refractivity contribution in [3.63, 3.8) is 0 Å². The van der Waals surface area contributed by atoms with Crippen LogP contribution in [0.4, 0.5) is 26.3 Å². The summed E-state index contributed by atoms with van der Waals surface area (Å²) in [7, 11) is 0. The van der Waals surface area contributed by atoms with Gasteiger partial charge in [-0.1, -0.05) is 35.5 Å².